The molecule has 17 unspecified atom stereocenters. The number of carbonyl (C=O) groups is 20. The average Bonchev–Trinajstić information content (AvgIpc) is 0.792. The van der Waals surface area contributed by atoms with Crippen LogP contribution in [0.3, 0.4) is 0 Å². The number of unbranched alkanes of at least 4 members (excludes halogenated alkanes) is 7. The van der Waals surface area contributed by atoms with Crippen molar-refractivity contribution in [2.24, 2.45) is 0 Å². The number of halogens is 5. The minimum absolute atomic E-state index is 0.0173. The van der Waals surface area contributed by atoms with Gasteiger partial charge in [0.05, 0.1) is 12.6 Å². The van der Waals surface area contributed by atoms with Crippen molar-refractivity contribution in [1.82, 2.24) is 58.1 Å². The van der Waals surface area contributed by atoms with Crippen LogP contribution in [0.25, 0.3) is 0 Å². The fourth-order valence-electron chi connectivity index (χ4n) is 14.9. The molecule has 9 amide bonds. The zero-order valence-corrected chi connectivity index (χ0v) is 81.7. The molecule has 52 heteroatoms. The van der Waals surface area contributed by atoms with E-state index < -0.39 is 273 Å². The number of rotatable bonds is 65. The van der Waals surface area contributed by atoms with Gasteiger partial charge in [-0.3, -0.25) is 101 Å². The molecule has 1 aromatic rings. The minimum Gasteiger partial charge on any atom is -0.463 e. The van der Waals surface area contributed by atoms with Gasteiger partial charge in [0.1, 0.15) is 62.4 Å². The lowest BCUT2D eigenvalue weighted by Crippen LogP contribution is -2.66. The molecule has 4 rings (SSSR count). The van der Waals surface area contributed by atoms with Gasteiger partial charge in [-0.25, -0.2) is 13.2 Å². The molecule has 0 bridgehead atoms. The molecule has 1 aromatic carbocycles. The highest BCUT2D eigenvalue weighted by atomic mass is 19.2. The summed E-state index contributed by atoms with van der Waals surface area (Å²) in [4.78, 5) is 255. The minimum atomic E-state index is -2.48. The van der Waals surface area contributed by atoms with Crippen LogP contribution in [0.4, 0.5) is 22.0 Å². The van der Waals surface area contributed by atoms with E-state index in [0.717, 1.165) is 62.3 Å². The maximum Gasteiger partial charge on any atom is 0.311 e. The van der Waals surface area contributed by atoms with Crippen LogP contribution in [-0.4, -0.2) is 320 Å². The summed E-state index contributed by atoms with van der Waals surface area (Å²) in [6.07, 6.45) is -14.2. The Hall–Kier alpha value is -11.8. The van der Waals surface area contributed by atoms with E-state index in [9.17, 15) is 118 Å². The summed E-state index contributed by atoms with van der Waals surface area (Å²) in [5.41, 5.74) is 0. The van der Waals surface area contributed by atoms with Gasteiger partial charge < -0.3 is 128 Å². The molecule has 0 radical (unpaired) electrons. The number of carbonyl (C=O) groups excluding carboxylic acids is 20. The van der Waals surface area contributed by atoms with Crippen molar-refractivity contribution in [2.45, 2.75) is 322 Å². The van der Waals surface area contributed by atoms with Gasteiger partial charge in [-0.15, -0.1) is 0 Å². The maximum atomic E-state index is 14.8. The summed E-state index contributed by atoms with van der Waals surface area (Å²) in [5, 5.41) is 27.4. The summed E-state index contributed by atoms with van der Waals surface area (Å²) in [6, 6.07) is -4.97. The van der Waals surface area contributed by atoms with E-state index in [-0.39, 0.29) is 148 Å². The highest BCUT2D eigenvalue weighted by Crippen LogP contribution is 2.34. The molecule has 3 fully saturated rings. The zero-order chi connectivity index (χ0) is 106. The highest BCUT2D eigenvalue weighted by Gasteiger charge is 2.55. The normalized spacial score (nSPS) is 21.1. The summed E-state index contributed by atoms with van der Waals surface area (Å²) >= 11 is 0. The molecular weight excluding hydrogens is 1910 g/mol. The Bertz CT molecular complexity index is 4350. The second-order valence-electron chi connectivity index (χ2n) is 33.3. The number of hydrogen-bond acceptors (Lipinski definition) is 38. The molecule has 17 atom stereocenters. The molecule has 3 aliphatic heterocycles. The number of benzene rings is 1. The standard InChI is InChI=1S/C90H134F5N11O36/c1-49(108)103-77-84(136-58(10)117)80(133-55(7)114)62(46-130-52(4)111)139-88(77)127-41-21-13-16-29-66(120)98-36-25-35-96-65(45-107)106(44-70(124)101-39-26-37-99-67(121)30-17-14-22-42-128-89-78(104-50(2)109)85(137-59(11)118)81(134-56(8)115)63(140-89)47-131-53(5)112)61(28-19-20-34-97-69(123)32-24-33-71(125)142-83-75(94)73(92)72(91)74(93)76(83)95)87(126)102-40-27-38-100-68(122)31-18-15-23-43-129-90-79(105-51(3)110)86(138-60(12)119)82(135-57(9)116)64(141-90)48-132-54(6)113/h45,61-65,77-82,84-86,88-90,96H,13-44,46-48H2,1-12H3,(H,97,123)(H,98,120)(H,99,121)(H,100,122)(H,101,124)(H,102,126)(H,103,108)(H,104,109)(H,105,110). The van der Waals surface area contributed by atoms with Crippen LogP contribution >= 0.6 is 0 Å². The van der Waals surface area contributed by atoms with Crippen LogP contribution in [-0.2, 0) is 167 Å². The van der Waals surface area contributed by atoms with Crippen LogP contribution in [0, 0.1) is 29.1 Å². The third-order valence-corrected chi connectivity index (χ3v) is 21.1. The van der Waals surface area contributed by atoms with Crippen LogP contribution in [0.15, 0.2) is 0 Å². The van der Waals surface area contributed by atoms with Crippen molar-refractivity contribution >= 4 is 119 Å². The van der Waals surface area contributed by atoms with E-state index in [1.165, 1.54) is 25.7 Å². The largest absolute Gasteiger partial charge is 0.463 e. The molecule has 3 saturated heterocycles. The van der Waals surface area contributed by atoms with E-state index in [2.05, 4.69) is 57.9 Å². The van der Waals surface area contributed by atoms with Crippen molar-refractivity contribution in [2.75, 3.05) is 92.0 Å². The monoisotopic (exact) mass is 2040 g/mol. The van der Waals surface area contributed by atoms with Crippen LogP contribution in [0.1, 0.15) is 218 Å². The number of ether oxygens (including phenoxy) is 16. The van der Waals surface area contributed by atoms with Gasteiger partial charge in [-0.05, 0) is 90.0 Å². The van der Waals surface area contributed by atoms with E-state index in [0.29, 0.717) is 64.1 Å². The summed E-state index contributed by atoms with van der Waals surface area (Å²) in [6.45, 7) is 11.3. The number of nitrogens with zero attached hydrogens (tertiary/aromatic N) is 1. The predicted molar refractivity (Wildman–Crippen MR) is 475 cm³/mol. The molecule has 0 spiro atoms. The number of nitrogens with one attached hydrogen (secondary N) is 10. The fraction of sp³-hybridized carbons (Fsp3) is 0.711. The van der Waals surface area contributed by atoms with Crippen molar-refractivity contribution in [3.05, 3.63) is 29.1 Å². The lowest BCUT2D eigenvalue weighted by atomic mass is 9.96. The summed E-state index contributed by atoms with van der Waals surface area (Å²) in [5.74, 6) is -27.1. The molecular formula is C90H134F5N11O36. The molecule has 0 aliphatic carbocycles. The Morgan fingerprint density at radius 3 is 0.958 bits per heavy atom. The number of esters is 10. The number of hydrogen-bond donors (Lipinski definition) is 10. The third-order valence-electron chi connectivity index (χ3n) is 21.1. The Labute approximate surface area is 816 Å². The first-order valence-corrected chi connectivity index (χ1v) is 46.7. The number of amides is 9. The first-order valence-electron chi connectivity index (χ1n) is 46.7. The van der Waals surface area contributed by atoms with Crippen LogP contribution in [0.5, 0.6) is 5.75 Å². The van der Waals surface area contributed by atoms with Crippen LogP contribution in [0.2, 0.25) is 0 Å². The van der Waals surface area contributed by atoms with Crippen molar-refractivity contribution in [1.29, 1.82) is 0 Å². The Kier molecular flexibility index (Phi) is 57.0. The Morgan fingerprint density at radius 1 is 0.331 bits per heavy atom. The first kappa shape index (κ1) is 122. The lowest BCUT2D eigenvalue weighted by Gasteiger charge is -2.44. The zero-order valence-electron chi connectivity index (χ0n) is 81.7. The SMILES string of the molecule is CC(=O)NC1C(OCCCCCC(=O)NCCCNC(=O)CN(C(C=O)NCCCNC(=O)CCCCCOC2OC(COC(C)=O)C(OC(C)=O)C(OC(C)=O)C2NC(C)=O)C(CCCCNC(=O)CCCC(=O)Oc2c(F)c(F)c(F)c(F)c2F)C(=O)NCCCNC(=O)CCCCCOC2OC(COC(C)=O)C(OC(C)=O)C(OC(C)=O)C2NC(C)=O)OC(COC(C)=O)C(OC(C)=O)C1OC(C)=O. The van der Waals surface area contributed by atoms with Crippen LogP contribution < -0.4 is 57.9 Å². The van der Waals surface area contributed by atoms with Gasteiger partial charge >= 0.3 is 59.7 Å². The van der Waals surface area contributed by atoms with Gasteiger partial charge in [0, 0.05) is 174 Å². The Morgan fingerprint density at radius 2 is 0.634 bits per heavy atom. The molecule has 0 saturated carbocycles. The first-order chi connectivity index (χ1) is 67.3. The molecule has 3 aliphatic rings. The molecule has 47 nitrogen and oxygen atoms in total. The molecule has 0 aromatic heterocycles. The van der Waals surface area contributed by atoms with Crippen molar-refractivity contribution in [3.63, 3.8) is 0 Å². The average molecular weight is 2040 g/mol. The topological polar surface area (TPSA) is 613 Å². The molecule has 800 valence electrons. The second-order valence-corrected chi connectivity index (χ2v) is 33.3. The Balaban J connectivity index is 1.49. The second kappa shape index (κ2) is 66.1. The van der Waals surface area contributed by atoms with Crippen molar-refractivity contribution < 1.29 is 194 Å². The van der Waals surface area contributed by atoms with Gasteiger partial charge in [0.15, 0.2) is 61.8 Å². The number of aldehydes is 1. The summed E-state index contributed by atoms with van der Waals surface area (Å²) < 4.78 is 159. The lowest BCUT2D eigenvalue weighted by molar-refractivity contribution is -0.277. The molecule has 3 heterocycles. The fourth-order valence-corrected chi connectivity index (χ4v) is 14.9. The third kappa shape index (κ3) is 46.9. The predicted octanol–water partition coefficient (Wildman–Crippen LogP) is 0.980. The maximum absolute atomic E-state index is 14.8. The van der Waals surface area contributed by atoms with Gasteiger partial charge in [0.25, 0.3) is 0 Å². The van der Waals surface area contributed by atoms with E-state index in [4.69, 9.17) is 71.1 Å². The molecule has 10 N–H and O–H groups in total. The van der Waals surface area contributed by atoms with Gasteiger partial charge in [-0.2, -0.15) is 8.78 Å². The van der Waals surface area contributed by atoms with Gasteiger partial charge in [-0.1, -0.05) is 19.3 Å². The summed E-state index contributed by atoms with van der Waals surface area (Å²) in [7, 11) is 0. The van der Waals surface area contributed by atoms with E-state index in [1.807, 2.05) is 0 Å². The quantitative estimate of drug-likeness (QED) is 0.00500. The smallest absolute Gasteiger partial charge is 0.311 e. The van der Waals surface area contributed by atoms with E-state index >= 15 is 0 Å². The van der Waals surface area contributed by atoms with Gasteiger partial charge in [0.2, 0.25) is 88.0 Å². The van der Waals surface area contributed by atoms with Crippen molar-refractivity contribution in [3.8, 4) is 5.75 Å². The molecule has 142 heavy (non-hydrogen) atoms. The van der Waals surface area contributed by atoms with E-state index in [1.54, 1.807) is 0 Å². The highest BCUT2D eigenvalue weighted by molar-refractivity contribution is 5.85.